The van der Waals surface area contributed by atoms with Gasteiger partial charge in [0, 0.05) is 54.5 Å². The van der Waals surface area contributed by atoms with Crippen LogP contribution >= 0.6 is 0 Å². The fraction of sp³-hybridized carbons (Fsp3) is 0.231. The highest BCUT2D eigenvalue weighted by molar-refractivity contribution is 5.98. The molecule has 2 aromatic heterocycles. The van der Waals surface area contributed by atoms with Crippen LogP contribution in [-0.2, 0) is 6.54 Å². The summed E-state index contributed by atoms with van der Waals surface area (Å²) in [4.78, 5) is 31.1. The summed E-state index contributed by atoms with van der Waals surface area (Å²) in [5.41, 5.74) is 3.51. The molecule has 2 aromatic carbocycles. The number of hydrogen-bond acceptors (Lipinski definition) is 5. The van der Waals surface area contributed by atoms with Crippen molar-refractivity contribution in [3.05, 3.63) is 77.5 Å². The maximum absolute atomic E-state index is 14.2. The molecule has 1 amide bonds. The van der Waals surface area contributed by atoms with Crippen LogP contribution in [0.1, 0.15) is 46.5 Å². The second-order valence-electron chi connectivity index (χ2n) is 7.91. The lowest BCUT2D eigenvalue weighted by atomic mass is 9.98. The molecule has 0 unspecified atom stereocenters. The molecule has 2 heterocycles. The molecule has 174 valence electrons. The lowest BCUT2D eigenvalue weighted by molar-refractivity contribution is 0.0785. The molecule has 0 radical (unpaired) electrons. The minimum atomic E-state index is -0.552. The zero-order valence-corrected chi connectivity index (χ0v) is 19.3. The number of ketones is 1. The summed E-state index contributed by atoms with van der Waals surface area (Å²) in [6, 6.07) is 9.56. The second-order valence-corrected chi connectivity index (χ2v) is 7.91. The van der Waals surface area contributed by atoms with Gasteiger partial charge in [-0.05, 0) is 42.8 Å². The normalized spacial score (nSPS) is 10.9. The van der Waals surface area contributed by atoms with Gasteiger partial charge in [-0.15, -0.1) is 0 Å². The molecule has 0 aliphatic carbocycles. The predicted molar refractivity (Wildman–Crippen MR) is 127 cm³/mol. The van der Waals surface area contributed by atoms with Crippen molar-refractivity contribution in [2.75, 3.05) is 13.7 Å². The molecule has 7 nitrogen and oxygen atoms in total. The van der Waals surface area contributed by atoms with E-state index in [9.17, 15) is 14.0 Å². The van der Waals surface area contributed by atoms with E-state index >= 15 is 0 Å². The second kappa shape index (κ2) is 9.82. The monoisotopic (exact) mass is 460 g/mol. The molecule has 0 bridgehead atoms. The lowest BCUT2D eigenvalue weighted by Gasteiger charge is -2.19. The molecule has 0 aliphatic heterocycles. The minimum Gasteiger partial charge on any atom is -0.493 e. The van der Waals surface area contributed by atoms with Crippen molar-refractivity contribution < 1.29 is 18.7 Å². The van der Waals surface area contributed by atoms with Crippen molar-refractivity contribution >= 4 is 22.6 Å². The van der Waals surface area contributed by atoms with Gasteiger partial charge in [0.2, 0.25) is 0 Å². The molecule has 0 saturated heterocycles. The summed E-state index contributed by atoms with van der Waals surface area (Å²) in [6.45, 7) is 4.27. The first-order chi connectivity index (χ1) is 16.4. The zero-order chi connectivity index (χ0) is 24.2. The van der Waals surface area contributed by atoms with Gasteiger partial charge in [0.05, 0.1) is 23.9 Å². The number of benzene rings is 2. The summed E-state index contributed by atoms with van der Waals surface area (Å²) in [6.07, 6.45) is 5.32. The molecule has 1 N–H and O–H groups in total. The number of pyridine rings is 1. The quantitative estimate of drug-likeness (QED) is 0.373. The maximum atomic E-state index is 14.2. The number of carbonyl (C=O) groups is 2. The highest BCUT2D eigenvalue weighted by atomic mass is 19.1. The van der Waals surface area contributed by atoms with Gasteiger partial charge in [-0.1, -0.05) is 13.0 Å². The number of halogens is 1. The summed E-state index contributed by atoms with van der Waals surface area (Å²) in [5, 5.41) is 7.86. The van der Waals surface area contributed by atoms with Crippen LogP contribution in [-0.4, -0.2) is 45.4 Å². The molecule has 4 rings (SSSR count). The fourth-order valence-corrected chi connectivity index (χ4v) is 3.86. The largest absolute Gasteiger partial charge is 0.493 e. The number of hydrogen-bond donors (Lipinski definition) is 1. The van der Waals surface area contributed by atoms with Crippen molar-refractivity contribution in [1.82, 2.24) is 20.1 Å². The number of fused-ring (bicyclic) bond motifs is 1. The van der Waals surface area contributed by atoms with E-state index < -0.39 is 5.82 Å². The molecule has 8 heteroatoms. The number of rotatable bonds is 8. The smallest absolute Gasteiger partial charge is 0.254 e. The van der Waals surface area contributed by atoms with E-state index in [0.717, 1.165) is 16.5 Å². The van der Waals surface area contributed by atoms with Gasteiger partial charge in [0.25, 0.3) is 5.91 Å². The van der Waals surface area contributed by atoms with E-state index in [1.807, 2.05) is 6.92 Å². The van der Waals surface area contributed by atoms with Crippen LogP contribution in [0, 0.1) is 5.82 Å². The average Bonchev–Trinajstić information content (AvgIpc) is 3.34. The molecule has 0 atom stereocenters. The SMILES string of the molecule is CCOc1cc(C(=O)N(C)Cc2cncc3cn[nH]c23)ccc1-c1ccc(F)c(C(=O)CC)c1. The first-order valence-corrected chi connectivity index (χ1v) is 11.0. The van der Waals surface area contributed by atoms with E-state index in [1.54, 1.807) is 61.7 Å². The number of aromatic nitrogens is 3. The maximum Gasteiger partial charge on any atom is 0.254 e. The number of carbonyl (C=O) groups excluding carboxylic acids is 2. The van der Waals surface area contributed by atoms with Gasteiger partial charge in [-0.2, -0.15) is 5.10 Å². The van der Waals surface area contributed by atoms with Gasteiger partial charge in [-0.25, -0.2) is 4.39 Å². The first-order valence-electron chi connectivity index (χ1n) is 11.0. The van der Waals surface area contributed by atoms with Gasteiger partial charge >= 0.3 is 0 Å². The number of H-pyrrole nitrogens is 1. The van der Waals surface area contributed by atoms with E-state index in [4.69, 9.17) is 4.74 Å². The van der Waals surface area contributed by atoms with Crippen LogP contribution in [0.3, 0.4) is 0 Å². The van der Waals surface area contributed by atoms with Crippen LogP contribution in [0.4, 0.5) is 4.39 Å². The van der Waals surface area contributed by atoms with E-state index in [2.05, 4.69) is 15.2 Å². The number of ether oxygens (including phenoxy) is 1. The van der Waals surface area contributed by atoms with Crippen molar-refractivity contribution in [3.8, 4) is 16.9 Å². The van der Waals surface area contributed by atoms with Crippen molar-refractivity contribution in [2.24, 2.45) is 0 Å². The van der Waals surface area contributed by atoms with Crippen molar-refractivity contribution in [1.29, 1.82) is 0 Å². The Balaban J connectivity index is 1.64. The Morgan fingerprint density at radius 3 is 2.68 bits per heavy atom. The van der Waals surface area contributed by atoms with Crippen LogP contribution in [0.15, 0.2) is 55.0 Å². The van der Waals surface area contributed by atoms with E-state index in [-0.39, 0.29) is 23.7 Å². The summed E-state index contributed by atoms with van der Waals surface area (Å²) in [7, 11) is 1.72. The molecule has 0 spiro atoms. The molecule has 4 aromatic rings. The molecule has 0 fully saturated rings. The number of aromatic amines is 1. The third-order valence-electron chi connectivity index (χ3n) is 5.62. The van der Waals surface area contributed by atoms with Gasteiger partial charge in [0.1, 0.15) is 11.6 Å². The van der Waals surface area contributed by atoms with Crippen molar-refractivity contribution in [2.45, 2.75) is 26.8 Å². The minimum absolute atomic E-state index is 0.0453. The topological polar surface area (TPSA) is 88.2 Å². The highest BCUT2D eigenvalue weighted by Crippen LogP contribution is 2.33. The Morgan fingerprint density at radius 2 is 1.91 bits per heavy atom. The van der Waals surface area contributed by atoms with Crippen LogP contribution < -0.4 is 4.74 Å². The van der Waals surface area contributed by atoms with Gasteiger partial charge in [-0.3, -0.25) is 19.7 Å². The number of amides is 1. The molecular formula is C26H25FN4O3. The van der Waals surface area contributed by atoms with Gasteiger partial charge in [0.15, 0.2) is 5.78 Å². The lowest BCUT2D eigenvalue weighted by Crippen LogP contribution is -2.26. The summed E-state index contributed by atoms with van der Waals surface area (Å²) in [5.74, 6) is -0.526. The Kier molecular flexibility index (Phi) is 6.67. The average molecular weight is 461 g/mol. The van der Waals surface area contributed by atoms with Crippen LogP contribution in [0.2, 0.25) is 0 Å². The Morgan fingerprint density at radius 1 is 1.09 bits per heavy atom. The zero-order valence-electron chi connectivity index (χ0n) is 19.3. The predicted octanol–water partition coefficient (Wildman–Crippen LogP) is 5.03. The Labute approximate surface area is 196 Å². The third-order valence-corrected chi connectivity index (χ3v) is 5.62. The number of Topliss-reactive ketones (excluding diaryl/α,β-unsaturated/α-hetero) is 1. The molecule has 0 aliphatic rings. The molecule has 0 saturated carbocycles. The molecule has 34 heavy (non-hydrogen) atoms. The number of nitrogens with one attached hydrogen (secondary N) is 1. The van der Waals surface area contributed by atoms with Gasteiger partial charge < -0.3 is 9.64 Å². The highest BCUT2D eigenvalue weighted by Gasteiger charge is 2.18. The standard InChI is InChI=1S/C26H25FN4O3/c1-4-23(32)21-10-16(7-9-22(21)27)20-8-6-17(11-24(20)34-5-2)26(33)31(3)15-19-13-28-12-18-14-29-30-25(18)19/h6-14H,4-5,15H2,1-3H3,(H,29,30). The Bertz CT molecular complexity index is 1370. The van der Waals surface area contributed by atoms with Crippen LogP contribution in [0.25, 0.3) is 22.0 Å². The molecular weight excluding hydrogens is 435 g/mol. The van der Waals surface area contributed by atoms with Crippen LogP contribution in [0.5, 0.6) is 5.75 Å². The van der Waals surface area contributed by atoms with E-state index in [1.165, 1.54) is 12.1 Å². The third kappa shape index (κ3) is 4.52. The summed E-state index contributed by atoms with van der Waals surface area (Å²) < 4.78 is 20.0. The summed E-state index contributed by atoms with van der Waals surface area (Å²) >= 11 is 0. The van der Waals surface area contributed by atoms with Crippen molar-refractivity contribution in [3.63, 3.8) is 0 Å². The van der Waals surface area contributed by atoms with E-state index in [0.29, 0.717) is 35.6 Å². The number of nitrogens with zero attached hydrogens (tertiary/aromatic N) is 3. The first kappa shape index (κ1) is 23.1. The fourth-order valence-electron chi connectivity index (χ4n) is 3.86. The Hall–Kier alpha value is -4.07.